The maximum absolute atomic E-state index is 12.1. The third kappa shape index (κ3) is 3.21. The largest absolute Gasteiger partial charge is 0.478 e. The molecule has 1 aromatic rings. The predicted molar refractivity (Wildman–Crippen MR) is 70.4 cm³/mol. The molecule has 0 bridgehead atoms. The van der Waals surface area contributed by atoms with E-state index in [1.54, 1.807) is 6.07 Å². The smallest absolute Gasteiger partial charge is 0.337 e. The van der Waals surface area contributed by atoms with E-state index in [0.717, 1.165) is 12.8 Å². The highest BCUT2D eigenvalue weighted by molar-refractivity contribution is 5.92. The first kappa shape index (κ1) is 13.3. The second kappa shape index (κ2) is 5.26. The van der Waals surface area contributed by atoms with Gasteiger partial charge in [-0.2, -0.15) is 0 Å². The number of pyridine rings is 1. The van der Waals surface area contributed by atoms with Gasteiger partial charge in [0.15, 0.2) is 0 Å². The molecule has 2 N–H and O–H groups in total. The summed E-state index contributed by atoms with van der Waals surface area (Å²) in [6, 6.07) is 3.03. The maximum Gasteiger partial charge on any atom is 0.337 e. The number of carboxylic acids is 1. The molecule has 1 aromatic heterocycles. The third-order valence-electron chi connectivity index (χ3n) is 2.88. The highest BCUT2D eigenvalue weighted by Gasteiger charge is 2.28. The molecule has 0 unspecified atom stereocenters. The Morgan fingerprint density at radius 1 is 1.42 bits per heavy atom. The minimum atomic E-state index is -1.03. The van der Waals surface area contributed by atoms with Gasteiger partial charge in [0.2, 0.25) is 0 Å². The van der Waals surface area contributed by atoms with Crippen molar-refractivity contribution in [3.63, 3.8) is 0 Å². The number of amides is 2. The van der Waals surface area contributed by atoms with Crippen molar-refractivity contribution in [1.29, 1.82) is 0 Å². The molecule has 2 amide bonds. The van der Waals surface area contributed by atoms with E-state index in [9.17, 15) is 9.59 Å². The van der Waals surface area contributed by atoms with Gasteiger partial charge in [-0.1, -0.05) is 0 Å². The second-order valence-corrected chi connectivity index (χ2v) is 4.90. The summed E-state index contributed by atoms with van der Waals surface area (Å²) in [5.74, 6) is -0.573. The van der Waals surface area contributed by atoms with E-state index in [2.05, 4.69) is 10.3 Å². The topological polar surface area (TPSA) is 82.5 Å². The van der Waals surface area contributed by atoms with Crippen LogP contribution in [0.2, 0.25) is 0 Å². The van der Waals surface area contributed by atoms with Crippen LogP contribution in [0.5, 0.6) is 0 Å². The van der Waals surface area contributed by atoms with Crippen molar-refractivity contribution < 1.29 is 14.7 Å². The molecule has 1 fully saturated rings. The van der Waals surface area contributed by atoms with Gasteiger partial charge in [0.1, 0.15) is 5.82 Å². The zero-order valence-electron chi connectivity index (χ0n) is 11.0. The Morgan fingerprint density at radius 3 is 2.53 bits per heavy atom. The Labute approximate surface area is 111 Å². The Bertz CT molecular complexity index is 480. The van der Waals surface area contributed by atoms with Crippen LogP contribution in [0, 0.1) is 0 Å². The molecule has 19 heavy (non-hydrogen) atoms. The average Bonchev–Trinajstić information content (AvgIpc) is 3.13. The monoisotopic (exact) mass is 263 g/mol. The van der Waals surface area contributed by atoms with Crippen molar-refractivity contribution in [2.45, 2.75) is 38.8 Å². The number of anilines is 1. The number of hydrogen-bond acceptors (Lipinski definition) is 3. The Morgan fingerprint density at radius 2 is 2.11 bits per heavy atom. The van der Waals surface area contributed by atoms with Crippen LogP contribution in [0.15, 0.2) is 18.3 Å². The molecule has 1 aliphatic rings. The summed E-state index contributed by atoms with van der Waals surface area (Å²) in [4.78, 5) is 28.5. The fraction of sp³-hybridized carbons (Fsp3) is 0.462. The molecule has 1 heterocycles. The molecule has 0 aliphatic heterocycles. The molecule has 1 saturated carbocycles. The van der Waals surface area contributed by atoms with Crippen LogP contribution in [-0.2, 0) is 0 Å². The zero-order valence-corrected chi connectivity index (χ0v) is 11.0. The van der Waals surface area contributed by atoms with Crippen LogP contribution in [0.25, 0.3) is 0 Å². The highest BCUT2D eigenvalue weighted by Crippen LogP contribution is 2.21. The van der Waals surface area contributed by atoms with Crippen molar-refractivity contribution in [1.82, 2.24) is 10.3 Å². The van der Waals surface area contributed by atoms with Crippen molar-refractivity contribution in [2.75, 3.05) is 4.90 Å². The Balaban J connectivity index is 2.17. The van der Waals surface area contributed by atoms with Crippen molar-refractivity contribution in [3.8, 4) is 0 Å². The van der Waals surface area contributed by atoms with Gasteiger partial charge in [0.25, 0.3) is 0 Å². The molecule has 0 radical (unpaired) electrons. The summed E-state index contributed by atoms with van der Waals surface area (Å²) in [5, 5.41) is 11.7. The standard InChI is InChI=1S/C13H17N3O3/c1-8(2)16(13(19)15-10-4-5-10)11-6-3-9(7-14-11)12(17)18/h3,6-8,10H,4-5H2,1-2H3,(H,15,19)(H,17,18). The first-order valence-corrected chi connectivity index (χ1v) is 6.28. The van der Waals surface area contributed by atoms with E-state index in [-0.39, 0.29) is 23.7 Å². The molecule has 6 nitrogen and oxygen atoms in total. The molecule has 6 heteroatoms. The Kier molecular flexibility index (Phi) is 3.69. The lowest BCUT2D eigenvalue weighted by molar-refractivity contribution is 0.0696. The number of urea groups is 1. The summed E-state index contributed by atoms with van der Waals surface area (Å²) in [6.07, 6.45) is 3.30. The van der Waals surface area contributed by atoms with E-state index in [0.29, 0.717) is 5.82 Å². The highest BCUT2D eigenvalue weighted by atomic mass is 16.4. The molecule has 102 valence electrons. The minimum absolute atomic E-state index is 0.0538. The average molecular weight is 263 g/mol. The molecule has 2 rings (SSSR count). The summed E-state index contributed by atoms with van der Waals surface area (Å²) >= 11 is 0. The van der Waals surface area contributed by atoms with Gasteiger partial charge in [-0.25, -0.2) is 14.6 Å². The van der Waals surface area contributed by atoms with Crippen LogP contribution >= 0.6 is 0 Å². The number of hydrogen-bond donors (Lipinski definition) is 2. The van der Waals surface area contributed by atoms with E-state index >= 15 is 0 Å². The van der Waals surface area contributed by atoms with Gasteiger partial charge in [-0.05, 0) is 38.8 Å². The Hall–Kier alpha value is -2.11. The van der Waals surface area contributed by atoms with Crippen LogP contribution < -0.4 is 10.2 Å². The first-order valence-electron chi connectivity index (χ1n) is 6.28. The number of carboxylic acid groups (broad SMARTS) is 1. The second-order valence-electron chi connectivity index (χ2n) is 4.90. The number of aromatic carboxylic acids is 1. The fourth-order valence-electron chi connectivity index (χ4n) is 1.73. The van der Waals surface area contributed by atoms with Crippen molar-refractivity contribution >= 4 is 17.8 Å². The zero-order chi connectivity index (χ0) is 14.0. The van der Waals surface area contributed by atoms with Gasteiger partial charge in [0, 0.05) is 18.3 Å². The third-order valence-corrected chi connectivity index (χ3v) is 2.88. The van der Waals surface area contributed by atoms with Crippen LogP contribution in [-0.4, -0.2) is 34.2 Å². The quantitative estimate of drug-likeness (QED) is 0.868. The lowest BCUT2D eigenvalue weighted by Gasteiger charge is -2.26. The summed E-state index contributed by atoms with van der Waals surface area (Å²) < 4.78 is 0. The van der Waals surface area contributed by atoms with Crippen molar-refractivity contribution in [2.24, 2.45) is 0 Å². The minimum Gasteiger partial charge on any atom is -0.478 e. The summed E-state index contributed by atoms with van der Waals surface area (Å²) in [6.45, 7) is 3.78. The number of rotatable bonds is 4. The van der Waals surface area contributed by atoms with Crippen molar-refractivity contribution in [3.05, 3.63) is 23.9 Å². The first-order chi connectivity index (χ1) is 8.99. The lowest BCUT2D eigenvalue weighted by atomic mass is 10.2. The van der Waals surface area contributed by atoms with E-state index < -0.39 is 5.97 Å². The van der Waals surface area contributed by atoms with Gasteiger partial charge < -0.3 is 10.4 Å². The van der Waals surface area contributed by atoms with Crippen LogP contribution in [0.4, 0.5) is 10.6 Å². The SMILES string of the molecule is CC(C)N(C(=O)NC1CC1)c1ccc(C(=O)O)cn1. The van der Waals surface area contributed by atoms with Gasteiger partial charge in [-0.15, -0.1) is 0 Å². The van der Waals surface area contributed by atoms with E-state index in [1.807, 2.05) is 13.8 Å². The molecular weight excluding hydrogens is 246 g/mol. The molecule has 0 spiro atoms. The van der Waals surface area contributed by atoms with Gasteiger partial charge >= 0.3 is 12.0 Å². The lowest BCUT2D eigenvalue weighted by Crippen LogP contribution is -2.45. The van der Waals surface area contributed by atoms with Crippen LogP contribution in [0.3, 0.4) is 0 Å². The molecule has 0 atom stereocenters. The number of carbonyl (C=O) groups excluding carboxylic acids is 1. The fourth-order valence-corrected chi connectivity index (χ4v) is 1.73. The number of nitrogens with zero attached hydrogens (tertiary/aromatic N) is 2. The predicted octanol–water partition coefficient (Wildman–Crippen LogP) is 1.87. The number of carbonyl (C=O) groups is 2. The molecule has 1 aliphatic carbocycles. The maximum atomic E-state index is 12.1. The molecular formula is C13H17N3O3. The normalized spacial score (nSPS) is 14.3. The van der Waals surface area contributed by atoms with E-state index in [4.69, 9.17) is 5.11 Å². The molecule has 0 saturated heterocycles. The van der Waals surface area contributed by atoms with Gasteiger partial charge in [-0.3, -0.25) is 4.90 Å². The van der Waals surface area contributed by atoms with E-state index in [1.165, 1.54) is 17.2 Å². The summed E-state index contributed by atoms with van der Waals surface area (Å²) in [5.41, 5.74) is 0.107. The molecule has 0 aromatic carbocycles. The van der Waals surface area contributed by atoms with Gasteiger partial charge in [0.05, 0.1) is 5.56 Å². The summed E-state index contributed by atoms with van der Waals surface area (Å²) in [7, 11) is 0. The van der Waals surface area contributed by atoms with Crippen LogP contribution in [0.1, 0.15) is 37.0 Å². The number of aromatic nitrogens is 1. The number of nitrogens with one attached hydrogen (secondary N) is 1.